The molecule has 5 rings (SSSR count). The van der Waals surface area contributed by atoms with Crippen LogP contribution >= 0.6 is 11.3 Å². The van der Waals surface area contributed by atoms with Gasteiger partial charge in [0.05, 0.1) is 16.8 Å². The zero-order valence-corrected chi connectivity index (χ0v) is 19.3. The molecule has 1 N–H and O–H groups in total. The molecule has 0 fully saturated rings. The lowest BCUT2D eigenvalue weighted by Gasteiger charge is -2.09. The van der Waals surface area contributed by atoms with E-state index in [-0.39, 0.29) is 5.69 Å². The third-order valence-corrected chi connectivity index (χ3v) is 6.13. The van der Waals surface area contributed by atoms with Crippen LogP contribution in [0.5, 0.6) is 5.75 Å². The van der Waals surface area contributed by atoms with Crippen molar-refractivity contribution in [1.82, 2.24) is 4.98 Å². The van der Waals surface area contributed by atoms with E-state index < -0.39 is 4.92 Å². The fourth-order valence-corrected chi connectivity index (χ4v) is 4.31. The van der Waals surface area contributed by atoms with Crippen LogP contribution in [0.3, 0.4) is 0 Å². The van der Waals surface area contributed by atoms with Crippen molar-refractivity contribution in [1.29, 1.82) is 0 Å². The predicted octanol–water partition coefficient (Wildman–Crippen LogP) is 6.90. The fraction of sp³-hybridized carbons (Fsp3) is 0.0370. The highest BCUT2D eigenvalue weighted by atomic mass is 32.1. The van der Waals surface area contributed by atoms with E-state index in [0.29, 0.717) is 11.7 Å². The molecule has 0 aliphatic rings. The molecule has 0 amide bonds. The molecule has 0 aliphatic heterocycles. The number of benzene rings is 4. The number of rotatable bonds is 8. The van der Waals surface area contributed by atoms with Crippen molar-refractivity contribution in [2.75, 3.05) is 5.43 Å². The zero-order valence-electron chi connectivity index (χ0n) is 18.5. The van der Waals surface area contributed by atoms with E-state index in [0.717, 1.165) is 28.1 Å². The zero-order chi connectivity index (χ0) is 24.0. The number of nitro groups is 1. The summed E-state index contributed by atoms with van der Waals surface area (Å²) in [5.41, 5.74) is 6.55. The van der Waals surface area contributed by atoms with Crippen molar-refractivity contribution in [3.05, 3.63) is 118 Å². The number of hydrogen-bond donors (Lipinski definition) is 1. The quantitative estimate of drug-likeness (QED) is 0.148. The molecule has 172 valence electrons. The number of hydrogen-bond acceptors (Lipinski definition) is 7. The summed E-state index contributed by atoms with van der Waals surface area (Å²) in [6.07, 6.45) is 1.71. The lowest BCUT2D eigenvalue weighted by atomic mass is 10.1. The average Bonchev–Trinajstić information content (AvgIpc) is 3.37. The lowest BCUT2D eigenvalue weighted by molar-refractivity contribution is -0.384. The van der Waals surface area contributed by atoms with Gasteiger partial charge >= 0.3 is 0 Å². The van der Waals surface area contributed by atoms with Crippen LogP contribution in [0.25, 0.3) is 22.0 Å². The number of anilines is 1. The van der Waals surface area contributed by atoms with Crippen LogP contribution in [0.1, 0.15) is 11.1 Å². The Kier molecular flexibility index (Phi) is 6.45. The third-order valence-electron chi connectivity index (χ3n) is 5.38. The molecule has 1 heterocycles. The number of nitrogens with one attached hydrogen (secondary N) is 1. The monoisotopic (exact) mass is 480 g/mol. The summed E-state index contributed by atoms with van der Waals surface area (Å²) in [4.78, 5) is 14.9. The third kappa shape index (κ3) is 5.34. The maximum atomic E-state index is 10.8. The Labute approximate surface area is 205 Å². The highest BCUT2D eigenvalue weighted by Crippen LogP contribution is 2.26. The van der Waals surface area contributed by atoms with Crippen LogP contribution in [0.4, 0.5) is 10.8 Å². The fourth-order valence-electron chi connectivity index (χ4n) is 3.64. The second-order valence-electron chi connectivity index (χ2n) is 7.71. The van der Waals surface area contributed by atoms with Crippen molar-refractivity contribution in [2.24, 2.45) is 5.10 Å². The van der Waals surface area contributed by atoms with Gasteiger partial charge in [0, 0.05) is 23.1 Å². The molecule has 0 unspecified atom stereocenters. The van der Waals surface area contributed by atoms with Crippen molar-refractivity contribution < 1.29 is 9.66 Å². The Morgan fingerprint density at radius 2 is 1.80 bits per heavy atom. The number of ether oxygens (including phenoxy) is 1. The molecule has 1 aromatic heterocycles. The normalized spacial score (nSPS) is 11.1. The highest BCUT2D eigenvalue weighted by molar-refractivity contribution is 7.14. The molecule has 0 saturated heterocycles. The number of non-ortho nitro benzene ring substituents is 1. The average molecular weight is 481 g/mol. The van der Waals surface area contributed by atoms with Gasteiger partial charge in [0.1, 0.15) is 12.4 Å². The molecule has 8 heteroatoms. The van der Waals surface area contributed by atoms with E-state index >= 15 is 0 Å². The van der Waals surface area contributed by atoms with Crippen molar-refractivity contribution in [3.63, 3.8) is 0 Å². The Hall–Kier alpha value is -4.56. The van der Waals surface area contributed by atoms with Crippen LogP contribution in [0.15, 0.2) is 101 Å². The van der Waals surface area contributed by atoms with Crippen LogP contribution in [0.2, 0.25) is 0 Å². The molecule has 7 nitrogen and oxygen atoms in total. The van der Waals surface area contributed by atoms with E-state index in [1.807, 2.05) is 47.8 Å². The molecular formula is C27H20N4O3S. The molecule has 0 radical (unpaired) electrons. The first kappa shape index (κ1) is 22.2. The lowest BCUT2D eigenvalue weighted by Crippen LogP contribution is -1.97. The van der Waals surface area contributed by atoms with E-state index in [2.05, 4.69) is 39.8 Å². The van der Waals surface area contributed by atoms with Gasteiger partial charge in [0.25, 0.3) is 5.69 Å². The van der Waals surface area contributed by atoms with E-state index in [9.17, 15) is 10.1 Å². The Bertz CT molecular complexity index is 1510. The van der Waals surface area contributed by atoms with E-state index in [4.69, 9.17) is 4.74 Å². The molecule has 0 saturated carbocycles. The molecule has 5 aromatic rings. The second-order valence-corrected chi connectivity index (χ2v) is 8.57. The first-order valence-electron chi connectivity index (χ1n) is 10.8. The molecule has 4 aromatic carbocycles. The van der Waals surface area contributed by atoms with Gasteiger partial charge in [-0.3, -0.25) is 15.5 Å². The molecule has 0 spiro atoms. The minimum atomic E-state index is -0.420. The van der Waals surface area contributed by atoms with Crippen molar-refractivity contribution in [3.8, 4) is 17.0 Å². The van der Waals surface area contributed by atoms with Crippen molar-refractivity contribution >= 4 is 39.1 Å². The van der Waals surface area contributed by atoms with Crippen LogP contribution in [-0.4, -0.2) is 16.1 Å². The first-order valence-corrected chi connectivity index (χ1v) is 11.7. The largest absolute Gasteiger partial charge is 0.489 e. The molecule has 0 atom stereocenters. The van der Waals surface area contributed by atoms with Gasteiger partial charge < -0.3 is 4.74 Å². The standard InChI is InChI=1S/C27H20N4O3S/c32-31(33)23-13-11-21(12-14-23)26-18-35-27(29-26)30-28-16-19-5-3-9-24(15-19)34-17-22-8-4-7-20-6-1-2-10-25(20)22/h1-16,18H,17H2,(H,29,30)/b28-16-. The minimum Gasteiger partial charge on any atom is -0.489 e. The first-order chi connectivity index (χ1) is 17.2. The maximum Gasteiger partial charge on any atom is 0.269 e. The Morgan fingerprint density at radius 3 is 2.66 bits per heavy atom. The van der Waals surface area contributed by atoms with Gasteiger partial charge in [0.2, 0.25) is 5.13 Å². The van der Waals surface area contributed by atoms with E-state index in [1.165, 1.54) is 34.2 Å². The molecule has 35 heavy (non-hydrogen) atoms. The summed E-state index contributed by atoms with van der Waals surface area (Å²) >= 11 is 1.41. The number of fused-ring (bicyclic) bond motifs is 1. The predicted molar refractivity (Wildman–Crippen MR) is 140 cm³/mol. The smallest absolute Gasteiger partial charge is 0.269 e. The Morgan fingerprint density at radius 1 is 1.00 bits per heavy atom. The van der Waals surface area contributed by atoms with Crippen molar-refractivity contribution in [2.45, 2.75) is 6.61 Å². The van der Waals surface area contributed by atoms with Gasteiger partial charge in [0.15, 0.2) is 0 Å². The molecule has 0 aliphatic carbocycles. The summed E-state index contributed by atoms with van der Waals surface area (Å²) < 4.78 is 6.05. The van der Waals surface area contributed by atoms with Gasteiger partial charge in [-0.15, -0.1) is 11.3 Å². The van der Waals surface area contributed by atoms with Gasteiger partial charge in [-0.05, 0) is 46.2 Å². The second kappa shape index (κ2) is 10.1. The number of hydrazone groups is 1. The van der Waals surface area contributed by atoms with Crippen LogP contribution < -0.4 is 10.2 Å². The number of nitro benzene ring substituents is 1. The number of thiazole rings is 1. The van der Waals surface area contributed by atoms with Gasteiger partial charge in [-0.1, -0.05) is 54.6 Å². The topological polar surface area (TPSA) is 89.7 Å². The Balaban J connectivity index is 1.21. The van der Waals surface area contributed by atoms with Crippen LogP contribution in [0, 0.1) is 10.1 Å². The van der Waals surface area contributed by atoms with Gasteiger partial charge in [-0.25, -0.2) is 4.98 Å². The van der Waals surface area contributed by atoms with E-state index in [1.54, 1.807) is 18.3 Å². The number of aromatic nitrogens is 1. The van der Waals surface area contributed by atoms with Crippen LogP contribution in [-0.2, 0) is 6.61 Å². The summed E-state index contributed by atoms with van der Waals surface area (Å²) in [5.74, 6) is 0.761. The maximum absolute atomic E-state index is 10.8. The number of nitrogens with zero attached hydrogens (tertiary/aromatic N) is 3. The van der Waals surface area contributed by atoms with Gasteiger partial charge in [-0.2, -0.15) is 5.10 Å². The summed E-state index contributed by atoms with van der Waals surface area (Å²) in [7, 11) is 0. The summed E-state index contributed by atoms with van der Waals surface area (Å²) in [5, 5.41) is 20.0. The SMILES string of the molecule is O=[N+]([O-])c1ccc(-c2csc(N/N=C\c3cccc(OCc4cccc5ccccc45)c3)n2)cc1. The summed E-state index contributed by atoms with van der Waals surface area (Å²) in [6.45, 7) is 0.477. The highest BCUT2D eigenvalue weighted by Gasteiger charge is 2.08. The summed E-state index contributed by atoms with van der Waals surface area (Å²) in [6, 6.07) is 28.5. The molecule has 0 bridgehead atoms. The minimum absolute atomic E-state index is 0.0512. The molecular weight excluding hydrogens is 460 g/mol.